The number of carboxylic acid groups (broad SMARTS) is 1. The Morgan fingerprint density at radius 1 is 0.544 bits per heavy atom. The number of phenolic OH excluding ortho intramolecular Hbond substituents is 1. The van der Waals surface area contributed by atoms with Gasteiger partial charge in [-0.15, -0.1) is 0 Å². The topological polar surface area (TPSA) is 333 Å². The Bertz CT molecular complexity index is 2890. The van der Waals surface area contributed by atoms with E-state index in [1.807, 2.05) is 36.4 Å². The molecular formula is C57H69N9O11S2. The number of carbonyl (C=O) groups excluding carboxylic acids is 7. The summed E-state index contributed by atoms with van der Waals surface area (Å²) in [6.45, 7) is 3.20. The van der Waals surface area contributed by atoms with Gasteiger partial charge in [-0.05, 0) is 77.9 Å². The average molecular weight is 1120 g/mol. The molecule has 0 bridgehead atoms. The molecule has 0 radical (unpaired) electrons. The summed E-state index contributed by atoms with van der Waals surface area (Å²) in [5.41, 5.74) is 14.6. The molecule has 20 nitrogen and oxygen atoms in total. The number of rotatable bonds is 14. The van der Waals surface area contributed by atoms with Crippen molar-refractivity contribution < 1.29 is 53.7 Å². The summed E-state index contributed by atoms with van der Waals surface area (Å²) in [6.07, 6.45) is -1.18. The Hall–Kier alpha value is -7.50. The van der Waals surface area contributed by atoms with E-state index in [0.717, 1.165) is 32.4 Å². The monoisotopic (exact) mass is 1120 g/mol. The van der Waals surface area contributed by atoms with Gasteiger partial charge in [-0.25, -0.2) is 4.79 Å². The second-order valence-electron chi connectivity index (χ2n) is 19.5. The van der Waals surface area contributed by atoms with E-state index in [9.17, 15) is 44.1 Å². The lowest BCUT2D eigenvalue weighted by Crippen LogP contribution is -2.62. The van der Waals surface area contributed by atoms with Crippen molar-refractivity contribution in [2.45, 2.75) is 113 Å². The second kappa shape index (κ2) is 30.0. The molecule has 10 atom stereocenters. The summed E-state index contributed by atoms with van der Waals surface area (Å²) >= 11 is 0. The number of carbonyl (C=O) groups is 8. The molecule has 22 heteroatoms. The van der Waals surface area contributed by atoms with Crippen LogP contribution in [0.1, 0.15) is 61.3 Å². The average Bonchev–Trinajstić information content (AvgIpc) is 3.44. The molecule has 0 saturated carbocycles. The molecule has 1 heterocycles. The largest absolute Gasteiger partial charge is 0.508 e. The number of aliphatic carboxylic acids is 1. The third-order valence-corrected chi connectivity index (χ3v) is 15.8. The summed E-state index contributed by atoms with van der Waals surface area (Å²) in [7, 11) is 2.04. The van der Waals surface area contributed by atoms with Crippen molar-refractivity contribution in [1.82, 2.24) is 37.2 Å². The summed E-state index contributed by atoms with van der Waals surface area (Å²) < 4.78 is 0. The zero-order chi connectivity index (χ0) is 57.0. The Kier molecular flexibility index (Phi) is 23.1. The fourth-order valence-corrected chi connectivity index (χ4v) is 11.1. The van der Waals surface area contributed by atoms with Crippen LogP contribution in [0.4, 0.5) is 0 Å². The molecule has 420 valence electrons. The molecule has 1 fully saturated rings. The van der Waals surface area contributed by atoms with Gasteiger partial charge >= 0.3 is 5.97 Å². The minimum Gasteiger partial charge on any atom is -0.508 e. The van der Waals surface area contributed by atoms with Crippen molar-refractivity contribution in [3.05, 3.63) is 150 Å². The predicted octanol–water partition coefficient (Wildman–Crippen LogP) is 2.09. The van der Waals surface area contributed by atoms with Gasteiger partial charge in [-0.1, -0.05) is 144 Å². The van der Waals surface area contributed by atoms with Crippen LogP contribution >= 0.6 is 21.6 Å². The highest BCUT2D eigenvalue weighted by Gasteiger charge is 2.38. The first-order valence-electron chi connectivity index (χ1n) is 26.0. The second-order valence-corrected chi connectivity index (χ2v) is 22.0. The van der Waals surface area contributed by atoms with Crippen LogP contribution in [0.5, 0.6) is 5.75 Å². The lowest BCUT2D eigenvalue weighted by molar-refractivity contribution is -0.141. The summed E-state index contributed by atoms with van der Waals surface area (Å²) in [6, 6.07) is 24.9. The van der Waals surface area contributed by atoms with Crippen molar-refractivity contribution in [3.63, 3.8) is 0 Å². The number of hydrogen-bond acceptors (Lipinski definition) is 14. The van der Waals surface area contributed by atoms with Crippen LogP contribution in [0, 0.1) is 0 Å². The van der Waals surface area contributed by atoms with E-state index in [2.05, 4.69) is 37.2 Å². The number of aliphatic hydroxyl groups is 1. The van der Waals surface area contributed by atoms with E-state index in [1.165, 1.54) is 19.1 Å². The van der Waals surface area contributed by atoms with E-state index in [1.54, 1.807) is 85.8 Å². The molecule has 79 heavy (non-hydrogen) atoms. The number of nitrogens with two attached hydrogens (primary N) is 2. The van der Waals surface area contributed by atoms with Crippen molar-refractivity contribution in [3.8, 4) is 5.75 Å². The number of amides is 7. The quantitative estimate of drug-likeness (QED) is 0.0560. The predicted molar refractivity (Wildman–Crippen MR) is 303 cm³/mol. The number of nitrogens with one attached hydrogen (secondary N) is 7. The number of unbranched alkanes of at least 4 members (excludes halogenated alkanes) is 1. The molecule has 1 aliphatic heterocycles. The van der Waals surface area contributed by atoms with Crippen molar-refractivity contribution in [2.24, 2.45) is 11.5 Å². The van der Waals surface area contributed by atoms with Crippen LogP contribution in [0.15, 0.2) is 127 Å². The zero-order valence-electron chi connectivity index (χ0n) is 43.8. The smallest absolute Gasteiger partial charge is 0.327 e. The molecule has 0 aromatic heterocycles. The Morgan fingerprint density at radius 3 is 1.59 bits per heavy atom. The SMILES string of the molecule is C[C@H](c1ccc2ccccc2c1)[C@@H]1NC(=O)[C@H](Cc2ccc(O)cc2)NC(=O)[C@H](Cc2ccccc2)NC(=O)[C@H](N)CSSC[C@@H](C(=O)O)NC(=O)[C@H](Cc2ccccc2)NC(=O)[C@H]([C@@H](C)O)NC(=O)[C@H](CCCCN)NC1=O. The molecule has 1 saturated heterocycles. The molecule has 0 aliphatic carbocycles. The Labute approximate surface area is 466 Å². The van der Waals surface area contributed by atoms with Gasteiger partial charge < -0.3 is 64.0 Å². The van der Waals surface area contributed by atoms with Crippen LogP contribution in [0.2, 0.25) is 0 Å². The number of fused-ring (bicyclic) bond motifs is 1. The van der Waals surface area contributed by atoms with Gasteiger partial charge in [0.25, 0.3) is 0 Å². The van der Waals surface area contributed by atoms with Crippen LogP contribution in [0.25, 0.3) is 10.8 Å². The van der Waals surface area contributed by atoms with E-state index in [-0.39, 0.29) is 49.5 Å². The van der Waals surface area contributed by atoms with Crippen molar-refractivity contribution >= 4 is 79.7 Å². The van der Waals surface area contributed by atoms with Gasteiger partial charge in [-0.3, -0.25) is 33.6 Å². The molecular weight excluding hydrogens is 1050 g/mol. The molecule has 5 aromatic rings. The number of phenols is 1. The highest BCUT2D eigenvalue weighted by molar-refractivity contribution is 8.76. The van der Waals surface area contributed by atoms with E-state index in [0.29, 0.717) is 35.1 Å². The van der Waals surface area contributed by atoms with Gasteiger partial charge in [0.15, 0.2) is 0 Å². The lowest BCUT2D eigenvalue weighted by atomic mass is 9.90. The fourth-order valence-electron chi connectivity index (χ4n) is 8.81. The summed E-state index contributed by atoms with van der Waals surface area (Å²) in [5.74, 6) is -8.54. The molecule has 0 spiro atoms. The normalized spacial score (nSPS) is 23.6. The number of benzene rings is 5. The van der Waals surface area contributed by atoms with E-state index >= 15 is 9.59 Å². The minimum atomic E-state index is -1.71. The number of aromatic hydroxyl groups is 1. The van der Waals surface area contributed by atoms with Gasteiger partial charge in [0, 0.05) is 36.7 Å². The highest BCUT2D eigenvalue weighted by atomic mass is 33.1. The summed E-state index contributed by atoms with van der Waals surface area (Å²) in [4.78, 5) is 114. The maximum Gasteiger partial charge on any atom is 0.327 e. The zero-order valence-corrected chi connectivity index (χ0v) is 45.5. The third kappa shape index (κ3) is 18.3. The molecule has 1 aliphatic rings. The lowest BCUT2D eigenvalue weighted by Gasteiger charge is -2.31. The van der Waals surface area contributed by atoms with Crippen LogP contribution in [-0.4, -0.2) is 135 Å². The first-order chi connectivity index (χ1) is 37.9. The van der Waals surface area contributed by atoms with E-state index < -0.39 is 108 Å². The van der Waals surface area contributed by atoms with Crippen LogP contribution in [-0.2, 0) is 57.6 Å². The molecule has 5 aromatic carbocycles. The first kappa shape index (κ1) is 60.7. The first-order valence-corrected chi connectivity index (χ1v) is 28.5. The van der Waals surface area contributed by atoms with Gasteiger partial charge in [0.05, 0.1) is 12.1 Å². The number of carboxylic acids is 1. The maximum atomic E-state index is 15.1. The van der Waals surface area contributed by atoms with Gasteiger partial charge in [0.2, 0.25) is 41.4 Å². The Balaban J connectivity index is 1.42. The standard InChI is InChI=1S/C57H69N9O11S2/c1-33(39-23-22-38-17-9-10-18-40(38)30-39)48-55(74)60-43(19-11-12-26-58)51(70)66-49(34(2)67)56(75)63-45(28-36-15-7-4-8-16-36)53(72)64-47(57(76)77)32-79-78-31-42(59)50(69)61-44(27-35-13-5-3-6-14-35)52(71)62-46(54(73)65-48)29-37-20-24-41(68)25-21-37/h3-10,13-18,20-25,30,33-34,42-49,67-68H,11-12,19,26-29,31-32,58-59H2,1-2H3,(H,60,74)(H,61,69)(H,62,71)(H,63,75)(H,64,72)(H,65,73)(H,66,70)(H,76,77)/t33-,34-,42-,43+,44+,45+,46+,47+,48+,49+/m1/s1. The fraction of sp³-hybridized carbons (Fsp3) is 0.368. The molecule has 14 N–H and O–H groups in total. The molecule has 0 unspecified atom stereocenters. The van der Waals surface area contributed by atoms with Crippen LogP contribution < -0.4 is 48.7 Å². The summed E-state index contributed by atoms with van der Waals surface area (Å²) in [5, 5.41) is 52.0. The van der Waals surface area contributed by atoms with E-state index in [4.69, 9.17) is 11.5 Å². The molecule has 6 rings (SSSR count). The van der Waals surface area contributed by atoms with Crippen LogP contribution in [0.3, 0.4) is 0 Å². The number of hydrogen-bond donors (Lipinski definition) is 12. The number of aliphatic hydroxyl groups excluding tert-OH is 1. The minimum absolute atomic E-state index is 0.0163. The van der Waals surface area contributed by atoms with Gasteiger partial charge in [-0.2, -0.15) is 0 Å². The van der Waals surface area contributed by atoms with Crippen molar-refractivity contribution in [2.75, 3.05) is 18.1 Å². The maximum absolute atomic E-state index is 15.1. The van der Waals surface area contributed by atoms with Gasteiger partial charge in [0.1, 0.15) is 48.0 Å². The Morgan fingerprint density at radius 2 is 1.01 bits per heavy atom. The third-order valence-electron chi connectivity index (χ3n) is 13.4. The highest BCUT2D eigenvalue weighted by Crippen LogP contribution is 2.26. The van der Waals surface area contributed by atoms with Crippen molar-refractivity contribution in [1.29, 1.82) is 0 Å². The molecule has 7 amide bonds.